The Kier molecular flexibility index (Phi) is 6.65. The zero-order valence-electron chi connectivity index (χ0n) is 16.7. The largest absolute Gasteiger partial charge is 0.484 e. The number of para-hydroxylation sites is 1. The topological polar surface area (TPSA) is 60.3 Å². The number of carbonyl (C=O) groups excluding carboxylic acids is 1. The van der Waals surface area contributed by atoms with Crippen molar-refractivity contribution in [3.8, 4) is 5.75 Å². The molecule has 0 radical (unpaired) electrons. The van der Waals surface area contributed by atoms with Gasteiger partial charge >= 0.3 is 0 Å². The van der Waals surface area contributed by atoms with Crippen LogP contribution in [-0.2, 0) is 11.4 Å². The standard InChI is InChI=1S/C21H27ClN4O2S/c1-15(20(27)25-12-6-2-3-7-13-25)29-21-24-23-19(26(21)16-10-11-16)14-28-18-9-5-4-8-17(18)22/h4-5,8-9,15-16H,2-3,6-7,10-14H2,1H3. The van der Waals surface area contributed by atoms with Crippen molar-refractivity contribution in [1.82, 2.24) is 19.7 Å². The molecule has 0 spiro atoms. The third-order valence-electron chi connectivity index (χ3n) is 5.39. The summed E-state index contributed by atoms with van der Waals surface area (Å²) in [6.45, 7) is 4.03. The zero-order chi connectivity index (χ0) is 20.2. The van der Waals surface area contributed by atoms with E-state index >= 15 is 0 Å². The fraction of sp³-hybridized carbons (Fsp3) is 0.571. The van der Waals surface area contributed by atoms with E-state index < -0.39 is 0 Å². The van der Waals surface area contributed by atoms with E-state index in [4.69, 9.17) is 16.3 Å². The van der Waals surface area contributed by atoms with Crippen LogP contribution >= 0.6 is 23.4 Å². The molecule has 8 heteroatoms. The molecule has 1 aliphatic carbocycles. The number of amides is 1. The number of ether oxygens (including phenoxy) is 1. The highest BCUT2D eigenvalue weighted by atomic mass is 35.5. The minimum Gasteiger partial charge on any atom is -0.484 e. The highest BCUT2D eigenvalue weighted by Crippen LogP contribution is 2.40. The molecule has 1 aromatic carbocycles. The van der Waals surface area contributed by atoms with E-state index in [1.165, 1.54) is 24.6 Å². The van der Waals surface area contributed by atoms with E-state index in [0.717, 1.165) is 49.8 Å². The molecular weight excluding hydrogens is 408 g/mol. The molecule has 1 unspecified atom stereocenters. The van der Waals surface area contributed by atoms with Crippen molar-refractivity contribution in [3.05, 3.63) is 35.1 Å². The van der Waals surface area contributed by atoms with Crippen LogP contribution in [0.25, 0.3) is 0 Å². The Bertz CT molecular complexity index is 847. The second-order valence-corrected chi connectivity index (χ2v) is 9.43. The number of benzene rings is 1. The maximum Gasteiger partial charge on any atom is 0.235 e. The first kappa shape index (κ1) is 20.5. The average Bonchev–Trinajstić information content (AvgIpc) is 3.53. The van der Waals surface area contributed by atoms with Gasteiger partial charge in [0, 0.05) is 19.1 Å². The van der Waals surface area contributed by atoms with Gasteiger partial charge in [0.25, 0.3) is 0 Å². The molecule has 1 amide bonds. The summed E-state index contributed by atoms with van der Waals surface area (Å²) in [5, 5.41) is 9.96. The van der Waals surface area contributed by atoms with E-state index in [-0.39, 0.29) is 11.2 Å². The lowest BCUT2D eigenvalue weighted by molar-refractivity contribution is -0.130. The molecule has 0 bridgehead atoms. The van der Waals surface area contributed by atoms with E-state index in [9.17, 15) is 4.79 Å². The summed E-state index contributed by atoms with van der Waals surface area (Å²) in [5.74, 6) is 1.62. The molecule has 1 saturated carbocycles. The van der Waals surface area contributed by atoms with Crippen LogP contribution in [0.15, 0.2) is 29.4 Å². The first-order chi connectivity index (χ1) is 14.1. The quantitative estimate of drug-likeness (QED) is 0.589. The molecule has 156 valence electrons. The predicted octanol–water partition coefficient (Wildman–Crippen LogP) is 4.73. The van der Waals surface area contributed by atoms with Crippen molar-refractivity contribution in [3.63, 3.8) is 0 Å². The Morgan fingerprint density at radius 1 is 1.21 bits per heavy atom. The molecule has 1 aromatic heterocycles. The maximum atomic E-state index is 12.9. The van der Waals surface area contributed by atoms with Gasteiger partial charge in [-0.25, -0.2) is 0 Å². The van der Waals surface area contributed by atoms with Crippen molar-refractivity contribution >= 4 is 29.3 Å². The Balaban J connectivity index is 1.44. The number of rotatable bonds is 7. The average molecular weight is 435 g/mol. The van der Waals surface area contributed by atoms with Crippen molar-refractivity contribution in [2.75, 3.05) is 13.1 Å². The monoisotopic (exact) mass is 434 g/mol. The lowest BCUT2D eigenvalue weighted by Gasteiger charge is -2.23. The summed E-state index contributed by atoms with van der Waals surface area (Å²) in [5.41, 5.74) is 0. The van der Waals surface area contributed by atoms with Crippen LogP contribution in [0.3, 0.4) is 0 Å². The van der Waals surface area contributed by atoms with Gasteiger partial charge in [-0.3, -0.25) is 9.36 Å². The minimum atomic E-state index is -0.174. The van der Waals surface area contributed by atoms with Crippen LogP contribution in [0.4, 0.5) is 0 Å². The fourth-order valence-corrected chi connectivity index (χ4v) is 4.86. The van der Waals surface area contributed by atoms with Crippen LogP contribution in [0.2, 0.25) is 5.02 Å². The third-order valence-corrected chi connectivity index (χ3v) is 6.74. The number of nitrogens with zero attached hydrogens (tertiary/aromatic N) is 4. The number of hydrogen-bond acceptors (Lipinski definition) is 5. The van der Waals surface area contributed by atoms with Crippen LogP contribution in [0.5, 0.6) is 5.75 Å². The molecule has 1 aliphatic heterocycles. The number of likely N-dealkylation sites (tertiary alicyclic amines) is 1. The molecule has 29 heavy (non-hydrogen) atoms. The Hall–Kier alpha value is -1.73. The van der Waals surface area contributed by atoms with Crippen molar-refractivity contribution in [2.24, 2.45) is 0 Å². The van der Waals surface area contributed by atoms with Gasteiger partial charge in [0.1, 0.15) is 12.4 Å². The number of halogens is 1. The molecule has 2 aromatic rings. The van der Waals surface area contributed by atoms with Gasteiger partial charge in [0.2, 0.25) is 5.91 Å². The molecule has 2 aliphatic rings. The van der Waals surface area contributed by atoms with Gasteiger partial charge in [-0.2, -0.15) is 0 Å². The van der Waals surface area contributed by atoms with Crippen molar-refractivity contribution in [2.45, 2.75) is 68.5 Å². The summed E-state index contributed by atoms with van der Waals surface area (Å²) in [6.07, 6.45) is 6.86. The lowest BCUT2D eigenvalue weighted by atomic mass is 10.2. The maximum absolute atomic E-state index is 12.9. The Labute approximate surface area is 181 Å². The molecule has 2 fully saturated rings. The van der Waals surface area contributed by atoms with Gasteiger partial charge in [0.05, 0.1) is 10.3 Å². The van der Waals surface area contributed by atoms with Crippen molar-refractivity contribution < 1.29 is 9.53 Å². The van der Waals surface area contributed by atoms with Crippen LogP contribution in [0, 0.1) is 0 Å². The highest BCUT2D eigenvalue weighted by Gasteiger charge is 2.32. The summed E-state index contributed by atoms with van der Waals surface area (Å²) in [6, 6.07) is 7.82. The number of hydrogen-bond donors (Lipinski definition) is 0. The van der Waals surface area contributed by atoms with E-state index in [1.54, 1.807) is 6.07 Å². The van der Waals surface area contributed by atoms with Crippen LogP contribution in [0.1, 0.15) is 57.3 Å². The minimum absolute atomic E-state index is 0.174. The van der Waals surface area contributed by atoms with Crippen LogP contribution < -0.4 is 4.74 Å². The Morgan fingerprint density at radius 3 is 2.62 bits per heavy atom. The first-order valence-electron chi connectivity index (χ1n) is 10.4. The van der Waals surface area contributed by atoms with Gasteiger partial charge in [0.15, 0.2) is 11.0 Å². The Morgan fingerprint density at radius 2 is 1.93 bits per heavy atom. The van der Waals surface area contributed by atoms with E-state index in [0.29, 0.717) is 23.4 Å². The SMILES string of the molecule is CC(Sc1nnc(COc2ccccc2Cl)n1C1CC1)C(=O)N1CCCCCC1. The van der Waals surface area contributed by atoms with E-state index in [1.807, 2.05) is 30.0 Å². The van der Waals surface area contributed by atoms with E-state index in [2.05, 4.69) is 14.8 Å². The second-order valence-electron chi connectivity index (χ2n) is 7.72. The summed E-state index contributed by atoms with van der Waals surface area (Å²) in [7, 11) is 0. The first-order valence-corrected chi connectivity index (χ1v) is 11.7. The van der Waals surface area contributed by atoms with Gasteiger partial charge in [-0.15, -0.1) is 10.2 Å². The zero-order valence-corrected chi connectivity index (χ0v) is 18.3. The molecule has 1 atom stereocenters. The van der Waals surface area contributed by atoms with Crippen molar-refractivity contribution in [1.29, 1.82) is 0 Å². The summed E-state index contributed by atoms with van der Waals surface area (Å²) < 4.78 is 8.02. The molecular formula is C21H27ClN4O2S. The van der Waals surface area contributed by atoms with Gasteiger partial charge in [-0.1, -0.05) is 48.3 Å². The molecule has 1 saturated heterocycles. The van der Waals surface area contributed by atoms with Gasteiger partial charge < -0.3 is 9.64 Å². The van der Waals surface area contributed by atoms with Gasteiger partial charge in [-0.05, 0) is 44.7 Å². The predicted molar refractivity (Wildman–Crippen MR) is 114 cm³/mol. The second kappa shape index (κ2) is 9.39. The molecule has 2 heterocycles. The fourth-order valence-electron chi connectivity index (χ4n) is 3.65. The van der Waals surface area contributed by atoms with Crippen LogP contribution in [-0.4, -0.2) is 43.9 Å². The summed E-state index contributed by atoms with van der Waals surface area (Å²) >= 11 is 7.69. The summed E-state index contributed by atoms with van der Waals surface area (Å²) in [4.78, 5) is 14.9. The molecule has 4 rings (SSSR count). The lowest BCUT2D eigenvalue weighted by Crippen LogP contribution is -2.37. The number of aromatic nitrogens is 3. The third kappa shape index (κ3) is 5.07. The number of carbonyl (C=O) groups is 1. The number of thioether (sulfide) groups is 1. The molecule has 6 nitrogen and oxygen atoms in total. The smallest absolute Gasteiger partial charge is 0.235 e. The normalized spacial score (nSPS) is 18.3. The molecule has 0 N–H and O–H groups in total. The highest BCUT2D eigenvalue weighted by molar-refractivity contribution is 8.00.